The van der Waals surface area contributed by atoms with Gasteiger partial charge in [-0.2, -0.15) is 0 Å². The normalized spacial score (nSPS) is 20.1. The average molecular weight is 311 g/mol. The van der Waals surface area contributed by atoms with E-state index >= 15 is 0 Å². The highest BCUT2D eigenvalue weighted by molar-refractivity contribution is 7.89. The number of likely N-dealkylation sites (tertiary alicyclic amines) is 1. The van der Waals surface area contributed by atoms with E-state index < -0.39 is 10.0 Å². The van der Waals surface area contributed by atoms with E-state index in [9.17, 15) is 8.42 Å². The van der Waals surface area contributed by atoms with Crippen molar-refractivity contribution in [3.8, 4) is 0 Å². The van der Waals surface area contributed by atoms with Gasteiger partial charge in [0, 0.05) is 26.7 Å². The second kappa shape index (κ2) is 6.77. The Labute approximate surface area is 128 Å². The molecule has 0 amide bonds. The molecule has 0 spiro atoms. The maximum Gasteiger partial charge on any atom is 0.244 e. The minimum Gasteiger partial charge on any atom is -0.382 e. The third-order valence-electron chi connectivity index (χ3n) is 4.08. The molecule has 1 unspecified atom stereocenters. The number of rotatable bonds is 6. The largest absolute Gasteiger partial charge is 0.382 e. The van der Waals surface area contributed by atoms with Crippen molar-refractivity contribution in [3.63, 3.8) is 0 Å². The molecule has 1 aliphatic rings. The second-order valence-electron chi connectivity index (χ2n) is 5.59. The van der Waals surface area contributed by atoms with Crippen LogP contribution in [0.1, 0.15) is 19.8 Å². The molecule has 1 saturated heterocycles. The molecule has 2 rings (SSSR count). The first kappa shape index (κ1) is 16.3. The predicted molar refractivity (Wildman–Crippen MR) is 86.1 cm³/mol. The lowest BCUT2D eigenvalue weighted by Crippen LogP contribution is -2.35. The van der Waals surface area contributed by atoms with Crippen molar-refractivity contribution in [2.45, 2.75) is 30.7 Å². The summed E-state index contributed by atoms with van der Waals surface area (Å²) in [6, 6.07) is 7.61. The molecular formula is C15H25N3O2S. The molecule has 0 aromatic heterocycles. The SMILES string of the molecule is CCN1CCCC1CNc1ccccc1S(=O)(=O)N(C)C. The van der Waals surface area contributed by atoms with Gasteiger partial charge in [-0.1, -0.05) is 19.1 Å². The third-order valence-corrected chi connectivity index (χ3v) is 5.95. The fraction of sp³-hybridized carbons (Fsp3) is 0.600. The Morgan fingerprint density at radius 1 is 1.33 bits per heavy atom. The van der Waals surface area contributed by atoms with Gasteiger partial charge in [-0.25, -0.2) is 12.7 Å². The Balaban J connectivity index is 2.14. The third kappa shape index (κ3) is 3.56. The summed E-state index contributed by atoms with van der Waals surface area (Å²) in [5, 5.41) is 3.33. The number of anilines is 1. The van der Waals surface area contributed by atoms with Gasteiger partial charge in [0.25, 0.3) is 0 Å². The van der Waals surface area contributed by atoms with Gasteiger partial charge in [0.15, 0.2) is 0 Å². The molecule has 0 saturated carbocycles. The van der Waals surface area contributed by atoms with Crippen molar-refractivity contribution in [3.05, 3.63) is 24.3 Å². The molecule has 5 nitrogen and oxygen atoms in total. The highest BCUT2D eigenvalue weighted by Gasteiger charge is 2.24. The number of likely N-dealkylation sites (N-methyl/N-ethyl adjacent to an activating group) is 1. The van der Waals surface area contributed by atoms with Crippen molar-refractivity contribution < 1.29 is 8.42 Å². The van der Waals surface area contributed by atoms with Crippen molar-refractivity contribution in [1.29, 1.82) is 0 Å². The summed E-state index contributed by atoms with van der Waals surface area (Å²) in [6.07, 6.45) is 2.39. The van der Waals surface area contributed by atoms with Gasteiger partial charge in [-0.3, -0.25) is 4.90 Å². The first-order valence-electron chi connectivity index (χ1n) is 7.46. The van der Waals surface area contributed by atoms with Gasteiger partial charge in [0.2, 0.25) is 10.0 Å². The van der Waals surface area contributed by atoms with Crippen molar-refractivity contribution in [1.82, 2.24) is 9.21 Å². The molecule has 0 aliphatic carbocycles. The van der Waals surface area contributed by atoms with E-state index in [1.54, 1.807) is 26.2 Å². The summed E-state index contributed by atoms with van der Waals surface area (Å²) in [7, 11) is -0.300. The molecule has 21 heavy (non-hydrogen) atoms. The lowest BCUT2D eigenvalue weighted by molar-refractivity contribution is 0.277. The number of nitrogens with zero attached hydrogens (tertiary/aromatic N) is 2. The van der Waals surface area contributed by atoms with Crippen LogP contribution < -0.4 is 5.32 Å². The van der Waals surface area contributed by atoms with Crippen LogP contribution >= 0.6 is 0 Å². The number of hydrogen-bond donors (Lipinski definition) is 1. The summed E-state index contributed by atoms with van der Waals surface area (Å²) in [5.41, 5.74) is 0.689. The maximum absolute atomic E-state index is 12.3. The number of hydrogen-bond acceptors (Lipinski definition) is 4. The van der Waals surface area contributed by atoms with Gasteiger partial charge < -0.3 is 5.32 Å². The zero-order valence-corrected chi connectivity index (χ0v) is 13.9. The van der Waals surface area contributed by atoms with Crippen LogP contribution in [0.4, 0.5) is 5.69 Å². The monoisotopic (exact) mass is 311 g/mol. The van der Waals surface area contributed by atoms with E-state index in [2.05, 4.69) is 17.1 Å². The van der Waals surface area contributed by atoms with Crippen LogP contribution in [-0.4, -0.2) is 57.4 Å². The quantitative estimate of drug-likeness (QED) is 0.871. The second-order valence-corrected chi connectivity index (χ2v) is 7.71. The molecule has 1 N–H and O–H groups in total. The van der Waals surface area contributed by atoms with Crippen LogP contribution in [0.3, 0.4) is 0 Å². The van der Waals surface area contributed by atoms with Crippen LogP contribution in [0.5, 0.6) is 0 Å². The number of nitrogens with one attached hydrogen (secondary N) is 1. The zero-order chi connectivity index (χ0) is 15.5. The van der Waals surface area contributed by atoms with Crippen LogP contribution in [-0.2, 0) is 10.0 Å². The number of benzene rings is 1. The van der Waals surface area contributed by atoms with Crippen LogP contribution in [0.25, 0.3) is 0 Å². The molecule has 1 heterocycles. The predicted octanol–water partition coefficient (Wildman–Crippen LogP) is 1.83. The smallest absolute Gasteiger partial charge is 0.244 e. The lowest BCUT2D eigenvalue weighted by Gasteiger charge is -2.24. The molecule has 6 heteroatoms. The molecule has 1 aliphatic heterocycles. The molecule has 0 radical (unpaired) electrons. The molecule has 1 aromatic carbocycles. The van der Waals surface area contributed by atoms with Crippen molar-refractivity contribution in [2.24, 2.45) is 0 Å². The average Bonchev–Trinajstić information content (AvgIpc) is 2.92. The Hall–Kier alpha value is -1.11. The fourth-order valence-corrected chi connectivity index (χ4v) is 3.87. The molecule has 1 aromatic rings. The topological polar surface area (TPSA) is 52.7 Å². The standard InChI is InChI=1S/C15H25N3O2S/c1-4-18-11-7-8-13(18)12-16-14-9-5-6-10-15(14)21(19,20)17(2)3/h5-6,9-10,13,16H,4,7-8,11-12H2,1-3H3. The summed E-state index contributed by atoms with van der Waals surface area (Å²) >= 11 is 0. The number of para-hydroxylation sites is 1. The minimum atomic E-state index is -3.42. The minimum absolute atomic E-state index is 0.344. The van der Waals surface area contributed by atoms with Crippen LogP contribution in [0.15, 0.2) is 29.2 Å². The van der Waals surface area contributed by atoms with E-state index in [4.69, 9.17) is 0 Å². The van der Waals surface area contributed by atoms with Gasteiger partial charge >= 0.3 is 0 Å². The first-order chi connectivity index (χ1) is 9.96. The van der Waals surface area contributed by atoms with E-state index in [1.807, 2.05) is 12.1 Å². The first-order valence-corrected chi connectivity index (χ1v) is 8.90. The Kier molecular flexibility index (Phi) is 5.24. The summed E-state index contributed by atoms with van der Waals surface area (Å²) in [6.45, 7) is 5.14. The highest BCUT2D eigenvalue weighted by atomic mass is 32.2. The molecule has 0 bridgehead atoms. The molecule has 118 valence electrons. The van der Waals surface area contributed by atoms with Gasteiger partial charge in [-0.05, 0) is 38.1 Å². The van der Waals surface area contributed by atoms with E-state index in [0.29, 0.717) is 16.6 Å². The lowest BCUT2D eigenvalue weighted by atomic mass is 10.2. The summed E-state index contributed by atoms with van der Waals surface area (Å²) < 4.78 is 25.9. The Morgan fingerprint density at radius 3 is 2.71 bits per heavy atom. The Bertz CT molecular complexity index is 572. The van der Waals surface area contributed by atoms with Crippen LogP contribution in [0.2, 0.25) is 0 Å². The van der Waals surface area contributed by atoms with Crippen molar-refractivity contribution >= 4 is 15.7 Å². The highest BCUT2D eigenvalue weighted by Crippen LogP contribution is 2.24. The number of sulfonamides is 1. The summed E-state index contributed by atoms with van der Waals surface area (Å²) in [4.78, 5) is 2.78. The van der Waals surface area contributed by atoms with Gasteiger partial charge in [-0.15, -0.1) is 0 Å². The molecule has 1 atom stereocenters. The Morgan fingerprint density at radius 2 is 2.05 bits per heavy atom. The van der Waals surface area contributed by atoms with E-state index in [0.717, 1.165) is 19.6 Å². The van der Waals surface area contributed by atoms with Gasteiger partial charge in [0.1, 0.15) is 4.90 Å². The molecule has 1 fully saturated rings. The van der Waals surface area contributed by atoms with Gasteiger partial charge in [0.05, 0.1) is 5.69 Å². The van der Waals surface area contributed by atoms with E-state index in [1.165, 1.54) is 17.1 Å². The van der Waals surface area contributed by atoms with Crippen LogP contribution in [0, 0.1) is 0 Å². The summed E-state index contributed by atoms with van der Waals surface area (Å²) in [5.74, 6) is 0. The molecular weight excluding hydrogens is 286 g/mol. The van der Waals surface area contributed by atoms with Crippen molar-refractivity contribution in [2.75, 3.05) is 39.0 Å². The van der Waals surface area contributed by atoms with E-state index in [-0.39, 0.29) is 0 Å². The zero-order valence-electron chi connectivity index (χ0n) is 13.0. The maximum atomic E-state index is 12.3. The fourth-order valence-electron chi connectivity index (χ4n) is 2.80.